The van der Waals surface area contributed by atoms with Crippen molar-refractivity contribution in [2.24, 2.45) is 0 Å². The zero-order chi connectivity index (χ0) is 37.2. The van der Waals surface area contributed by atoms with Gasteiger partial charge in [-0.1, -0.05) is 117 Å². The molecule has 1 aliphatic rings. The van der Waals surface area contributed by atoms with Gasteiger partial charge in [-0.15, -0.1) is 5.06 Å². The molecule has 11 heteroatoms. The van der Waals surface area contributed by atoms with E-state index in [1.54, 1.807) is 20.8 Å². The maximum atomic E-state index is 13.0. The minimum atomic E-state index is -1.13. The number of alkyl carbamates (subject to hydrolysis) is 1. The van der Waals surface area contributed by atoms with Crippen LogP contribution in [0.5, 0.6) is 0 Å². The number of aliphatic hydroxyl groups excluding tert-OH is 2. The molecule has 50 heavy (non-hydrogen) atoms. The lowest BCUT2D eigenvalue weighted by molar-refractivity contribution is -0.199. The minimum absolute atomic E-state index is 0.0259. The summed E-state index contributed by atoms with van der Waals surface area (Å²) < 4.78 is 5.33. The molecule has 1 fully saturated rings. The van der Waals surface area contributed by atoms with Crippen LogP contribution in [-0.4, -0.2) is 87.5 Å². The molecule has 0 aliphatic carbocycles. The van der Waals surface area contributed by atoms with Gasteiger partial charge in [0.25, 0.3) is 11.8 Å². The van der Waals surface area contributed by atoms with Crippen molar-refractivity contribution in [2.45, 2.75) is 206 Å². The number of rotatable bonds is 30. The van der Waals surface area contributed by atoms with E-state index in [2.05, 4.69) is 24.1 Å². The minimum Gasteiger partial charge on any atom is -0.444 e. The smallest absolute Gasteiger partial charge is 0.408 e. The number of aliphatic hydroxyl groups is 2. The van der Waals surface area contributed by atoms with Gasteiger partial charge in [-0.05, 0) is 59.4 Å². The van der Waals surface area contributed by atoms with Crippen LogP contribution >= 0.6 is 0 Å². The summed E-state index contributed by atoms with van der Waals surface area (Å²) in [5.41, 5.74) is -0.787. The molecule has 1 aliphatic heterocycles. The van der Waals surface area contributed by atoms with Crippen molar-refractivity contribution >= 4 is 23.9 Å². The van der Waals surface area contributed by atoms with Crippen LogP contribution in [0, 0.1) is 0 Å². The second-order valence-corrected chi connectivity index (χ2v) is 15.3. The van der Waals surface area contributed by atoms with Crippen molar-refractivity contribution in [1.82, 2.24) is 15.3 Å². The molecule has 0 aromatic heterocycles. The molecule has 3 amide bonds. The third-order valence-corrected chi connectivity index (χ3v) is 9.10. The van der Waals surface area contributed by atoms with E-state index >= 15 is 0 Å². The van der Waals surface area contributed by atoms with Gasteiger partial charge in [-0.25, -0.2) is 9.59 Å². The first-order chi connectivity index (χ1) is 23.9. The number of imide groups is 1. The maximum absolute atomic E-state index is 13.0. The molecule has 0 aromatic carbocycles. The highest BCUT2D eigenvalue weighted by molar-refractivity contribution is 6.01. The number of carbonyl (C=O) groups excluding carboxylic acids is 4. The Labute approximate surface area is 303 Å². The summed E-state index contributed by atoms with van der Waals surface area (Å²) in [4.78, 5) is 56.8. The van der Waals surface area contributed by atoms with Gasteiger partial charge in [0, 0.05) is 25.9 Å². The Bertz CT molecular complexity index is 897. The number of amides is 3. The summed E-state index contributed by atoms with van der Waals surface area (Å²) in [6.45, 7) is 11.1. The molecule has 0 spiro atoms. The summed E-state index contributed by atoms with van der Waals surface area (Å²) in [6, 6.07) is -1.13. The average molecular weight is 712 g/mol. The average Bonchev–Trinajstić information content (AvgIpc) is 3.36. The maximum Gasteiger partial charge on any atom is 0.408 e. The van der Waals surface area contributed by atoms with Crippen LogP contribution in [0.3, 0.4) is 0 Å². The lowest BCUT2D eigenvalue weighted by Gasteiger charge is -2.28. The number of nitrogens with zero attached hydrogens (tertiary/aromatic N) is 2. The van der Waals surface area contributed by atoms with E-state index in [1.165, 1.54) is 77.0 Å². The van der Waals surface area contributed by atoms with E-state index in [0.717, 1.165) is 38.5 Å². The number of carbonyl (C=O) groups is 4. The highest BCUT2D eigenvalue weighted by Crippen LogP contribution is 2.17. The van der Waals surface area contributed by atoms with Gasteiger partial charge in [-0.2, -0.15) is 0 Å². The molecule has 0 unspecified atom stereocenters. The molecule has 1 heterocycles. The topological polar surface area (TPSA) is 146 Å². The van der Waals surface area contributed by atoms with Crippen LogP contribution < -0.4 is 5.32 Å². The molecule has 3 N–H and O–H groups in total. The van der Waals surface area contributed by atoms with Crippen molar-refractivity contribution in [1.29, 1.82) is 0 Å². The van der Waals surface area contributed by atoms with E-state index < -0.39 is 47.7 Å². The van der Waals surface area contributed by atoms with Gasteiger partial charge in [0.05, 0.1) is 12.2 Å². The molecule has 1 rings (SSSR count). The van der Waals surface area contributed by atoms with Gasteiger partial charge >= 0.3 is 12.1 Å². The zero-order valence-electron chi connectivity index (χ0n) is 32.4. The van der Waals surface area contributed by atoms with Crippen molar-refractivity contribution in [3.8, 4) is 0 Å². The molecule has 1 saturated heterocycles. The number of hydrogen-bond donors (Lipinski definition) is 3. The van der Waals surface area contributed by atoms with Crippen LogP contribution in [0.1, 0.15) is 182 Å². The Morgan fingerprint density at radius 1 is 0.700 bits per heavy atom. The molecule has 0 radical (unpaired) electrons. The van der Waals surface area contributed by atoms with Crippen LogP contribution in [-0.2, 0) is 24.0 Å². The fraction of sp³-hybridized carbons (Fsp3) is 0.897. The molecular formula is C39H73N3O8. The van der Waals surface area contributed by atoms with Crippen LogP contribution in [0.25, 0.3) is 0 Å². The Morgan fingerprint density at radius 2 is 1.12 bits per heavy atom. The first-order valence-electron chi connectivity index (χ1n) is 20.0. The standard InChI is InChI=1S/C39H73N3O8/c1-6-8-10-12-14-16-18-20-24-32(43)30-41(31-33(44)25-21-19-17-15-13-11-9-7-2)29-23-22-26-34(40-38(48)49-39(3,4)5)37(47)50-42-35(45)27-28-36(42)46/h32-34,43-44H,6-31H2,1-5H3,(H,40,48)/t32-,33-,34-/m1/s1. The molecular weight excluding hydrogens is 638 g/mol. The first-order valence-corrected chi connectivity index (χ1v) is 20.0. The number of ether oxygens (including phenoxy) is 1. The number of hydroxylamine groups is 2. The van der Waals surface area contributed by atoms with E-state index in [-0.39, 0.29) is 19.3 Å². The predicted octanol–water partition coefficient (Wildman–Crippen LogP) is 7.74. The molecule has 292 valence electrons. The van der Waals surface area contributed by atoms with E-state index in [4.69, 9.17) is 9.57 Å². The van der Waals surface area contributed by atoms with Gasteiger partial charge in [0.15, 0.2) is 0 Å². The molecule has 0 aromatic rings. The van der Waals surface area contributed by atoms with Crippen molar-refractivity contribution in [3.05, 3.63) is 0 Å². The highest BCUT2D eigenvalue weighted by atomic mass is 16.7. The third-order valence-electron chi connectivity index (χ3n) is 9.10. The Kier molecular flexibility index (Phi) is 25.1. The number of unbranched alkanes of at least 4 members (excludes halogenated alkanes) is 15. The molecule has 0 bridgehead atoms. The molecule has 0 saturated carbocycles. The van der Waals surface area contributed by atoms with Gasteiger partial charge in [0.1, 0.15) is 11.6 Å². The van der Waals surface area contributed by atoms with Crippen molar-refractivity contribution in [3.63, 3.8) is 0 Å². The van der Waals surface area contributed by atoms with Crippen LogP contribution in [0.2, 0.25) is 0 Å². The quantitative estimate of drug-likeness (QED) is 0.0503. The Balaban J connectivity index is 2.71. The summed E-state index contributed by atoms with van der Waals surface area (Å²) in [7, 11) is 0. The molecule has 3 atom stereocenters. The molecule has 11 nitrogen and oxygen atoms in total. The largest absolute Gasteiger partial charge is 0.444 e. The third kappa shape index (κ3) is 23.3. The monoisotopic (exact) mass is 712 g/mol. The predicted molar refractivity (Wildman–Crippen MR) is 197 cm³/mol. The lowest BCUT2D eigenvalue weighted by atomic mass is 10.0. The number of nitrogens with one attached hydrogen (secondary N) is 1. The second-order valence-electron chi connectivity index (χ2n) is 15.3. The Hall–Kier alpha value is -2.24. The van der Waals surface area contributed by atoms with Crippen molar-refractivity contribution in [2.75, 3.05) is 19.6 Å². The van der Waals surface area contributed by atoms with E-state index in [0.29, 0.717) is 37.5 Å². The zero-order valence-corrected chi connectivity index (χ0v) is 32.4. The summed E-state index contributed by atoms with van der Waals surface area (Å²) >= 11 is 0. The first kappa shape index (κ1) is 45.8. The second kappa shape index (κ2) is 27.4. The van der Waals surface area contributed by atoms with Gasteiger partial charge < -0.3 is 25.1 Å². The fourth-order valence-electron chi connectivity index (χ4n) is 6.26. The van der Waals surface area contributed by atoms with Crippen LogP contribution in [0.15, 0.2) is 0 Å². The fourth-order valence-corrected chi connectivity index (χ4v) is 6.26. The number of hydrogen-bond acceptors (Lipinski definition) is 9. The van der Waals surface area contributed by atoms with Crippen molar-refractivity contribution < 1.29 is 39.0 Å². The van der Waals surface area contributed by atoms with Gasteiger partial charge in [-0.3, -0.25) is 14.5 Å². The summed E-state index contributed by atoms with van der Waals surface area (Å²) in [5, 5.41) is 24.9. The van der Waals surface area contributed by atoms with E-state index in [1.807, 2.05) is 0 Å². The Morgan fingerprint density at radius 3 is 1.56 bits per heavy atom. The normalized spacial score (nSPS) is 15.4. The highest BCUT2D eigenvalue weighted by Gasteiger charge is 2.35. The summed E-state index contributed by atoms with van der Waals surface area (Å²) in [5.74, 6) is -2.09. The van der Waals surface area contributed by atoms with E-state index in [9.17, 15) is 29.4 Å². The SMILES string of the molecule is CCCCCCCCCC[C@@H](O)CN(CCCC[C@@H](NC(=O)OC(C)(C)C)C(=O)ON1C(=O)CCC1=O)C[C@H](O)CCCCCCCCCC. The van der Waals surface area contributed by atoms with Gasteiger partial charge in [0.2, 0.25) is 0 Å². The van der Waals surface area contributed by atoms with Crippen LogP contribution in [0.4, 0.5) is 4.79 Å². The lowest BCUT2D eigenvalue weighted by Crippen LogP contribution is -2.47. The summed E-state index contributed by atoms with van der Waals surface area (Å²) in [6.07, 6.45) is 20.3.